The fourth-order valence-corrected chi connectivity index (χ4v) is 2.42. The number of carbonyl (C=O) groups excluding carboxylic acids is 1. The van der Waals surface area contributed by atoms with Crippen molar-refractivity contribution < 1.29 is 9.53 Å². The molecule has 1 unspecified atom stereocenters. The highest BCUT2D eigenvalue weighted by molar-refractivity contribution is 9.10. The van der Waals surface area contributed by atoms with Crippen LogP contribution in [0.1, 0.15) is 22.8 Å². The second-order valence-corrected chi connectivity index (χ2v) is 5.81. The van der Waals surface area contributed by atoms with Crippen molar-refractivity contribution >= 4 is 37.6 Å². The highest BCUT2D eigenvalue weighted by atomic mass is 79.9. The first kappa shape index (κ1) is 11.1. The van der Waals surface area contributed by atoms with Gasteiger partial charge in [-0.3, -0.25) is 4.79 Å². The third kappa shape index (κ3) is 2.11. The third-order valence-corrected chi connectivity index (χ3v) is 3.25. The van der Waals surface area contributed by atoms with Gasteiger partial charge in [0.2, 0.25) is 0 Å². The van der Waals surface area contributed by atoms with Crippen molar-refractivity contribution in [3.8, 4) is 5.75 Å². The predicted molar refractivity (Wildman–Crippen MR) is 66.1 cm³/mol. The van der Waals surface area contributed by atoms with Crippen LogP contribution in [-0.4, -0.2) is 17.2 Å². The molecule has 0 saturated carbocycles. The average molecular weight is 334 g/mol. The maximum Gasteiger partial charge on any atom is 0.179 e. The van der Waals surface area contributed by atoms with Crippen molar-refractivity contribution in [1.82, 2.24) is 0 Å². The minimum Gasteiger partial charge on any atom is -0.492 e. The van der Waals surface area contributed by atoms with E-state index >= 15 is 0 Å². The van der Waals surface area contributed by atoms with Crippen LogP contribution in [0.5, 0.6) is 5.75 Å². The first-order chi connectivity index (χ1) is 7.09. The van der Waals surface area contributed by atoms with Crippen LogP contribution in [0.15, 0.2) is 16.6 Å². The van der Waals surface area contributed by atoms with Gasteiger partial charge in [0.05, 0.1) is 17.0 Å². The van der Waals surface area contributed by atoms with E-state index in [0.717, 1.165) is 22.2 Å². The average Bonchev–Trinajstić information content (AvgIpc) is 2.62. The Morgan fingerprint density at radius 2 is 2.27 bits per heavy atom. The molecule has 15 heavy (non-hydrogen) atoms. The molecule has 1 heterocycles. The summed E-state index contributed by atoms with van der Waals surface area (Å²) in [5.41, 5.74) is 1.78. The molecule has 1 aliphatic rings. The summed E-state index contributed by atoms with van der Waals surface area (Å²) >= 11 is 6.70. The lowest BCUT2D eigenvalue weighted by molar-refractivity contribution is 0.0992. The molecule has 0 bridgehead atoms. The minimum atomic E-state index is -0.180. The van der Waals surface area contributed by atoms with Crippen LogP contribution >= 0.6 is 31.9 Å². The Morgan fingerprint density at radius 3 is 2.93 bits per heavy atom. The molecule has 4 heteroatoms. The van der Waals surface area contributed by atoms with E-state index in [-0.39, 0.29) is 10.6 Å². The number of ether oxygens (including phenoxy) is 1. The van der Waals surface area contributed by atoms with E-state index in [1.807, 2.05) is 19.1 Å². The molecule has 1 atom stereocenters. The van der Waals surface area contributed by atoms with E-state index in [4.69, 9.17) is 4.74 Å². The molecule has 0 saturated heterocycles. The highest BCUT2D eigenvalue weighted by Crippen LogP contribution is 2.34. The van der Waals surface area contributed by atoms with E-state index in [1.54, 1.807) is 0 Å². The van der Waals surface area contributed by atoms with Crippen LogP contribution in [0, 0.1) is 0 Å². The van der Waals surface area contributed by atoms with Crippen LogP contribution in [-0.2, 0) is 6.42 Å². The number of carbonyl (C=O) groups is 1. The summed E-state index contributed by atoms with van der Waals surface area (Å²) in [5, 5.41) is 0. The van der Waals surface area contributed by atoms with Crippen molar-refractivity contribution in [2.45, 2.75) is 18.2 Å². The van der Waals surface area contributed by atoms with Crippen molar-refractivity contribution in [2.75, 3.05) is 6.61 Å². The Kier molecular flexibility index (Phi) is 3.16. The van der Waals surface area contributed by atoms with E-state index in [2.05, 4.69) is 31.9 Å². The fourth-order valence-electron chi connectivity index (χ4n) is 1.67. The van der Waals surface area contributed by atoms with Gasteiger partial charge in [0.25, 0.3) is 0 Å². The largest absolute Gasteiger partial charge is 0.492 e. The number of Topliss-reactive ketones (excluding diaryl/α,β-unsaturated/α-hetero) is 1. The summed E-state index contributed by atoms with van der Waals surface area (Å²) < 4.78 is 6.43. The van der Waals surface area contributed by atoms with Crippen LogP contribution in [0.3, 0.4) is 0 Å². The number of ketones is 1. The lowest BCUT2D eigenvalue weighted by atomic mass is 10.0. The van der Waals surface area contributed by atoms with Crippen LogP contribution in [0.4, 0.5) is 0 Å². The van der Waals surface area contributed by atoms with Crippen molar-refractivity contribution in [1.29, 1.82) is 0 Å². The molecule has 2 nitrogen and oxygen atoms in total. The molecular formula is C11H10Br2O2. The standard InChI is InChI=1S/C11H10Br2O2/c1-6(12)10(14)9-5-8(13)4-7-2-3-15-11(7)9/h4-6H,2-3H2,1H3. The van der Waals surface area contributed by atoms with Gasteiger partial charge >= 0.3 is 0 Å². The normalized spacial score (nSPS) is 15.7. The van der Waals surface area contributed by atoms with Crippen LogP contribution < -0.4 is 4.74 Å². The molecule has 1 aromatic carbocycles. The Hall–Kier alpha value is -0.350. The van der Waals surface area contributed by atoms with Gasteiger partial charge in [-0.15, -0.1) is 0 Å². The number of alkyl halides is 1. The van der Waals surface area contributed by atoms with Gasteiger partial charge < -0.3 is 4.74 Å². The number of hydrogen-bond acceptors (Lipinski definition) is 2. The smallest absolute Gasteiger partial charge is 0.179 e. The first-order valence-corrected chi connectivity index (χ1v) is 6.44. The van der Waals surface area contributed by atoms with Crippen molar-refractivity contribution in [3.63, 3.8) is 0 Å². The lowest BCUT2D eigenvalue weighted by Crippen LogP contribution is -2.11. The highest BCUT2D eigenvalue weighted by Gasteiger charge is 2.23. The molecule has 0 aliphatic carbocycles. The fraction of sp³-hybridized carbons (Fsp3) is 0.364. The second-order valence-electron chi connectivity index (χ2n) is 3.52. The Balaban J connectivity index is 2.51. The van der Waals surface area contributed by atoms with Gasteiger partial charge in [-0.05, 0) is 24.6 Å². The Bertz CT molecular complexity index is 413. The summed E-state index contributed by atoms with van der Waals surface area (Å²) in [4.78, 5) is 11.7. The monoisotopic (exact) mass is 332 g/mol. The van der Waals surface area contributed by atoms with Gasteiger partial charge in [-0.25, -0.2) is 0 Å². The molecule has 0 spiro atoms. The van der Waals surface area contributed by atoms with Gasteiger partial charge in [-0.2, -0.15) is 0 Å². The maximum atomic E-state index is 11.9. The SMILES string of the molecule is CC(Br)C(=O)c1cc(Br)cc2c1OCC2. The van der Waals surface area contributed by atoms with E-state index < -0.39 is 0 Å². The summed E-state index contributed by atoms with van der Waals surface area (Å²) in [5.74, 6) is 0.823. The first-order valence-electron chi connectivity index (χ1n) is 4.73. The number of fused-ring (bicyclic) bond motifs is 1. The summed E-state index contributed by atoms with van der Waals surface area (Å²) in [7, 11) is 0. The van der Waals surface area contributed by atoms with Crippen LogP contribution in [0.25, 0.3) is 0 Å². The number of rotatable bonds is 2. The summed E-state index contributed by atoms with van der Waals surface area (Å²) in [6.07, 6.45) is 0.881. The van der Waals surface area contributed by atoms with Crippen molar-refractivity contribution in [2.24, 2.45) is 0 Å². The van der Waals surface area contributed by atoms with E-state index in [1.165, 1.54) is 0 Å². The maximum absolute atomic E-state index is 11.9. The molecule has 0 aromatic heterocycles. The predicted octanol–water partition coefficient (Wildman–Crippen LogP) is 3.35. The Labute approximate surface area is 105 Å². The third-order valence-electron chi connectivity index (χ3n) is 2.38. The molecule has 0 N–H and O–H groups in total. The number of halogens is 2. The summed E-state index contributed by atoms with van der Waals surface area (Å²) in [6, 6.07) is 3.84. The molecule has 0 amide bonds. The van der Waals surface area contributed by atoms with Gasteiger partial charge in [0.1, 0.15) is 5.75 Å². The van der Waals surface area contributed by atoms with Gasteiger partial charge in [0.15, 0.2) is 5.78 Å². The molecule has 1 aromatic rings. The Morgan fingerprint density at radius 1 is 1.53 bits per heavy atom. The van der Waals surface area contributed by atoms with E-state index in [9.17, 15) is 4.79 Å². The minimum absolute atomic E-state index is 0.0643. The molecule has 2 rings (SSSR count). The number of hydrogen-bond donors (Lipinski definition) is 0. The molecule has 0 radical (unpaired) electrons. The number of benzene rings is 1. The summed E-state index contributed by atoms with van der Waals surface area (Å²) in [6.45, 7) is 2.49. The van der Waals surface area contributed by atoms with Crippen molar-refractivity contribution in [3.05, 3.63) is 27.7 Å². The zero-order chi connectivity index (χ0) is 11.0. The van der Waals surface area contributed by atoms with E-state index in [0.29, 0.717) is 12.2 Å². The lowest BCUT2D eigenvalue weighted by Gasteiger charge is -2.09. The topological polar surface area (TPSA) is 26.3 Å². The quantitative estimate of drug-likeness (QED) is 0.613. The zero-order valence-electron chi connectivity index (χ0n) is 8.22. The van der Waals surface area contributed by atoms with Gasteiger partial charge in [-0.1, -0.05) is 31.9 Å². The molecule has 80 valence electrons. The zero-order valence-corrected chi connectivity index (χ0v) is 11.4. The molecule has 1 aliphatic heterocycles. The van der Waals surface area contributed by atoms with Gasteiger partial charge in [0, 0.05) is 10.9 Å². The molecular weight excluding hydrogens is 324 g/mol. The van der Waals surface area contributed by atoms with Crippen LogP contribution in [0.2, 0.25) is 0 Å². The second kappa shape index (κ2) is 4.26. The molecule has 0 fully saturated rings.